The van der Waals surface area contributed by atoms with Gasteiger partial charge in [-0.3, -0.25) is 0 Å². The van der Waals surface area contributed by atoms with Crippen molar-refractivity contribution in [2.24, 2.45) is 11.3 Å². The van der Waals surface area contributed by atoms with Gasteiger partial charge in [0, 0.05) is 0 Å². The normalized spacial score (nSPS) is 29.9. The molecule has 0 aromatic heterocycles. The van der Waals surface area contributed by atoms with E-state index in [9.17, 15) is 9.59 Å². The second-order valence-electron chi connectivity index (χ2n) is 3.14. The number of carbonyl (C=O) groups is 2. The second-order valence-corrected chi connectivity index (χ2v) is 3.14. The summed E-state index contributed by atoms with van der Waals surface area (Å²) in [6.45, 7) is 1.97. The molecule has 0 bridgehead atoms. The molecule has 1 unspecified atom stereocenters. The van der Waals surface area contributed by atoms with Gasteiger partial charge in [0.15, 0.2) is 0 Å². The summed E-state index contributed by atoms with van der Waals surface area (Å²) in [4.78, 5) is 21.1. The topological polar surface area (TPSA) is 34.1 Å². The third-order valence-electron chi connectivity index (χ3n) is 2.60. The Morgan fingerprint density at radius 1 is 1.40 bits per heavy atom. The first-order chi connectivity index (χ1) is 4.75. The molecule has 0 aliphatic heterocycles. The quantitative estimate of drug-likeness (QED) is 0.426. The minimum absolute atomic E-state index is 0.252. The zero-order chi connectivity index (χ0) is 7.61. The van der Waals surface area contributed by atoms with Crippen LogP contribution < -0.4 is 0 Å². The first-order valence-electron chi connectivity index (χ1n) is 3.68. The van der Waals surface area contributed by atoms with Crippen LogP contribution in [0.1, 0.15) is 26.2 Å². The van der Waals surface area contributed by atoms with Crippen LogP contribution in [0.2, 0.25) is 0 Å². The molecule has 1 fully saturated rings. The molecule has 1 aliphatic carbocycles. The molecule has 0 spiro atoms. The van der Waals surface area contributed by atoms with E-state index < -0.39 is 5.41 Å². The highest BCUT2D eigenvalue weighted by atomic mass is 16.1. The van der Waals surface area contributed by atoms with Crippen LogP contribution in [-0.2, 0) is 9.59 Å². The molecule has 10 heavy (non-hydrogen) atoms. The summed E-state index contributed by atoms with van der Waals surface area (Å²) in [5.41, 5.74) is -0.625. The highest BCUT2D eigenvalue weighted by Gasteiger charge is 2.39. The minimum Gasteiger partial charge on any atom is -0.302 e. The van der Waals surface area contributed by atoms with Crippen molar-refractivity contribution in [2.75, 3.05) is 0 Å². The van der Waals surface area contributed by atoms with E-state index in [0.717, 1.165) is 31.8 Å². The summed E-state index contributed by atoms with van der Waals surface area (Å²) in [5, 5.41) is 0. The Labute approximate surface area is 60.6 Å². The summed E-state index contributed by atoms with van der Waals surface area (Å²) in [6.07, 6.45) is 4.41. The van der Waals surface area contributed by atoms with Gasteiger partial charge < -0.3 is 9.59 Å². The molecule has 0 saturated heterocycles. The lowest BCUT2D eigenvalue weighted by Crippen LogP contribution is -2.26. The zero-order valence-electron chi connectivity index (χ0n) is 6.17. The summed E-state index contributed by atoms with van der Waals surface area (Å²) < 4.78 is 0. The SMILES string of the molecule is CC1CCCC1(C=O)C=O. The van der Waals surface area contributed by atoms with E-state index in [2.05, 4.69) is 0 Å². The van der Waals surface area contributed by atoms with Crippen molar-refractivity contribution in [1.82, 2.24) is 0 Å². The Morgan fingerprint density at radius 2 is 2.00 bits per heavy atom. The van der Waals surface area contributed by atoms with Crippen LogP contribution >= 0.6 is 0 Å². The second kappa shape index (κ2) is 2.52. The van der Waals surface area contributed by atoms with Crippen LogP contribution in [0.3, 0.4) is 0 Å². The average molecular weight is 140 g/mol. The Bertz CT molecular complexity index is 143. The van der Waals surface area contributed by atoms with E-state index in [1.807, 2.05) is 6.92 Å². The molecule has 0 amide bonds. The van der Waals surface area contributed by atoms with E-state index in [1.54, 1.807) is 0 Å². The molecule has 1 saturated carbocycles. The molecule has 2 heteroatoms. The summed E-state index contributed by atoms with van der Waals surface area (Å²) in [6, 6.07) is 0. The monoisotopic (exact) mass is 140 g/mol. The predicted octanol–water partition coefficient (Wildman–Crippen LogP) is 1.19. The number of carbonyl (C=O) groups excluding carboxylic acids is 2. The average Bonchev–Trinajstić information content (AvgIpc) is 2.32. The van der Waals surface area contributed by atoms with Crippen molar-refractivity contribution in [2.45, 2.75) is 26.2 Å². The van der Waals surface area contributed by atoms with Crippen LogP contribution in [0.4, 0.5) is 0 Å². The number of aldehydes is 2. The Hall–Kier alpha value is -0.660. The van der Waals surface area contributed by atoms with Crippen LogP contribution in [0.15, 0.2) is 0 Å². The van der Waals surface area contributed by atoms with E-state index in [1.165, 1.54) is 0 Å². The standard InChI is InChI=1S/C8H12O2/c1-7-3-2-4-8(7,5-9)6-10/h5-7H,2-4H2,1H3. The Kier molecular flexibility index (Phi) is 1.88. The van der Waals surface area contributed by atoms with E-state index in [0.29, 0.717) is 0 Å². The Morgan fingerprint density at radius 3 is 2.20 bits per heavy atom. The summed E-state index contributed by atoms with van der Waals surface area (Å²) >= 11 is 0. The molecular weight excluding hydrogens is 128 g/mol. The van der Waals surface area contributed by atoms with Gasteiger partial charge in [0.05, 0.1) is 5.41 Å². The summed E-state index contributed by atoms with van der Waals surface area (Å²) in [7, 11) is 0. The maximum atomic E-state index is 10.5. The molecule has 0 N–H and O–H groups in total. The van der Waals surface area contributed by atoms with Crippen molar-refractivity contribution in [1.29, 1.82) is 0 Å². The number of rotatable bonds is 2. The molecule has 1 rings (SSSR count). The highest BCUT2D eigenvalue weighted by molar-refractivity contribution is 5.84. The molecule has 0 aromatic carbocycles. The third kappa shape index (κ3) is 0.877. The fourth-order valence-corrected chi connectivity index (χ4v) is 1.61. The van der Waals surface area contributed by atoms with Gasteiger partial charge in [-0.2, -0.15) is 0 Å². The molecule has 0 heterocycles. The number of hydrogen-bond acceptors (Lipinski definition) is 2. The third-order valence-corrected chi connectivity index (χ3v) is 2.60. The fourth-order valence-electron chi connectivity index (χ4n) is 1.61. The predicted molar refractivity (Wildman–Crippen MR) is 37.6 cm³/mol. The van der Waals surface area contributed by atoms with Crippen molar-refractivity contribution in [3.05, 3.63) is 0 Å². The zero-order valence-corrected chi connectivity index (χ0v) is 6.17. The van der Waals surface area contributed by atoms with Gasteiger partial charge in [0.1, 0.15) is 12.6 Å². The van der Waals surface area contributed by atoms with Gasteiger partial charge in [-0.05, 0) is 18.8 Å². The molecule has 0 aromatic rings. The maximum Gasteiger partial charge on any atom is 0.133 e. The lowest BCUT2D eigenvalue weighted by Gasteiger charge is -2.18. The lowest BCUT2D eigenvalue weighted by atomic mass is 9.82. The minimum atomic E-state index is -0.625. The van der Waals surface area contributed by atoms with Crippen LogP contribution in [0.5, 0.6) is 0 Å². The molecule has 2 nitrogen and oxygen atoms in total. The van der Waals surface area contributed by atoms with Crippen molar-refractivity contribution < 1.29 is 9.59 Å². The first kappa shape index (κ1) is 7.45. The van der Waals surface area contributed by atoms with Gasteiger partial charge in [-0.1, -0.05) is 13.3 Å². The van der Waals surface area contributed by atoms with Crippen molar-refractivity contribution in [3.63, 3.8) is 0 Å². The lowest BCUT2D eigenvalue weighted by molar-refractivity contribution is -0.128. The molecular formula is C8H12O2. The Balaban J connectivity index is 2.80. The van der Waals surface area contributed by atoms with Crippen molar-refractivity contribution in [3.8, 4) is 0 Å². The molecule has 56 valence electrons. The fraction of sp³-hybridized carbons (Fsp3) is 0.750. The van der Waals surface area contributed by atoms with Gasteiger partial charge >= 0.3 is 0 Å². The smallest absolute Gasteiger partial charge is 0.133 e. The van der Waals surface area contributed by atoms with E-state index >= 15 is 0 Å². The molecule has 1 atom stereocenters. The van der Waals surface area contributed by atoms with Crippen LogP contribution in [0, 0.1) is 11.3 Å². The van der Waals surface area contributed by atoms with Gasteiger partial charge in [0.25, 0.3) is 0 Å². The van der Waals surface area contributed by atoms with Gasteiger partial charge in [0.2, 0.25) is 0 Å². The van der Waals surface area contributed by atoms with Crippen LogP contribution in [0.25, 0.3) is 0 Å². The van der Waals surface area contributed by atoms with Crippen molar-refractivity contribution >= 4 is 12.6 Å². The maximum absolute atomic E-state index is 10.5. The largest absolute Gasteiger partial charge is 0.302 e. The molecule has 1 aliphatic rings. The van der Waals surface area contributed by atoms with Gasteiger partial charge in [-0.25, -0.2) is 0 Å². The first-order valence-corrected chi connectivity index (χ1v) is 3.68. The summed E-state index contributed by atoms with van der Waals surface area (Å²) in [5.74, 6) is 0.252. The number of hydrogen-bond donors (Lipinski definition) is 0. The van der Waals surface area contributed by atoms with Crippen LogP contribution in [-0.4, -0.2) is 12.6 Å². The van der Waals surface area contributed by atoms with E-state index in [-0.39, 0.29) is 5.92 Å². The molecule has 0 radical (unpaired) electrons. The van der Waals surface area contributed by atoms with Gasteiger partial charge in [-0.15, -0.1) is 0 Å². The highest BCUT2D eigenvalue weighted by Crippen LogP contribution is 2.39. The van der Waals surface area contributed by atoms with E-state index in [4.69, 9.17) is 0 Å².